The maximum absolute atomic E-state index is 12.6. The predicted molar refractivity (Wildman–Crippen MR) is 99.7 cm³/mol. The highest BCUT2D eigenvalue weighted by atomic mass is 35.5. The summed E-state index contributed by atoms with van der Waals surface area (Å²) in [5.74, 6) is 0. The molecule has 2 aromatic carbocycles. The molecule has 6 heteroatoms. The minimum absolute atomic E-state index is 0.0266. The number of alkyl halides is 1. The van der Waals surface area contributed by atoms with E-state index in [2.05, 4.69) is 4.98 Å². The Hall–Kier alpha value is -1.75. The predicted octanol–water partition coefficient (Wildman–Crippen LogP) is 5.59. The molecule has 3 nitrogen and oxygen atoms in total. The van der Waals surface area contributed by atoms with E-state index in [1.165, 1.54) is 11.8 Å². The molecule has 2 atom stereocenters. The third-order valence-corrected chi connectivity index (χ3v) is 5.61. The summed E-state index contributed by atoms with van der Waals surface area (Å²) in [5.41, 5.74) is 1.13. The lowest BCUT2D eigenvalue weighted by atomic mass is 10.1. The van der Waals surface area contributed by atoms with Gasteiger partial charge >= 0.3 is 0 Å². The summed E-state index contributed by atoms with van der Waals surface area (Å²) >= 11 is 13.8. The topological polar surface area (TPSA) is 34.9 Å². The van der Waals surface area contributed by atoms with Crippen LogP contribution in [0.25, 0.3) is 0 Å². The Morgan fingerprint density at radius 2 is 1.79 bits per heavy atom. The van der Waals surface area contributed by atoms with E-state index in [4.69, 9.17) is 23.2 Å². The average Bonchev–Trinajstić information content (AvgIpc) is 3.15. The molecule has 0 spiro atoms. The number of carbonyl (C=O) groups is 1. The SMILES string of the molecule is O=C(SC(c1ccc(Cl)cc1)C(Cl)n1ccnc1)c1ccccc1. The van der Waals surface area contributed by atoms with Crippen LogP contribution in [0.2, 0.25) is 5.02 Å². The van der Waals surface area contributed by atoms with E-state index < -0.39 is 5.50 Å². The fraction of sp³-hybridized carbons (Fsp3) is 0.111. The summed E-state index contributed by atoms with van der Waals surface area (Å²) in [6, 6.07) is 16.6. The summed E-state index contributed by atoms with van der Waals surface area (Å²) in [7, 11) is 0. The van der Waals surface area contributed by atoms with Crippen molar-refractivity contribution in [1.29, 1.82) is 0 Å². The molecule has 0 aliphatic heterocycles. The molecular formula is C18H14Cl2N2OS. The number of carbonyl (C=O) groups excluding carboxylic acids is 1. The highest BCUT2D eigenvalue weighted by molar-refractivity contribution is 8.14. The number of imidazole rings is 1. The zero-order valence-electron chi connectivity index (χ0n) is 12.5. The lowest BCUT2D eigenvalue weighted by molar-refractivity contribution is 0.108. The molecule has 0 bridgehead atoms. The molecular weight excluding hydrogens is 363 g/mol. The number of aromatic nitrogens is 2. The average molecular weight is 377 g/mol. The quantitative estimate of drug-likeness (QED) is 0.544. The van der Waals surface area contributed by atoms with Gasteiger partial charge in [0.1, 0.15) is 5.50 Å². The van der Waals surface area contributed by atoms with Crippen LogP contribution in [-0.4, -0.2) is 14.7 Å². The molecule has 122 valence electrons. The van der Waals surface area contributed by atoms with Crippen LogP contribution in [0.1, 0.15) is 26.7 Å². The van der Waals surface area contributed by atoms with E-state index >= 15 is 0 Å². The van der Waals surface area contributed by atoms with Gasteiger partial charge in [0.2, 0.25) is 5.12 Å². The van der Waals surface area contributed by atoms with E-state index in [1.807, 2.05) is 30.3 Å². The Kier molecular flexibility index (Phi) is 5.61. The molecule has 24 heavy (non-hydrogen) atoms. The summed E-state index contributed by atoms with van der Waals surface area (Å²) in [5, 5.41) is 0.345. The van der Waals surface area contributed by atoms with Gasteiger partial charge in [-0.05, 0) is 17.7 Å². The number of rotatable bonds is 5. The standard InChI is InChI=1S/C18H14Cl2N2OS/c19-15-8-6-13(7-9-15)16(17(20)22-11-10-21-12-22)24-18(23)14-4-2-1-3-5-14/h1-12,16-17H. The van der Waals surface area contributed by atoms with Gasteiger partial charge in [-0.25, -0.2) is 4.98 Å². The highest BCUT2D eigenvalue weighted by Crippen LogP contribution is 2.42. The summed E-state index contributed by atoms with van der Waals surface area (Å²) in [6.07, 6.45) is 5.10. The smallest absolute Gasteiger partial charge is 0.220 e. The molecule has 0 aliphatic rings. The van der Waals surface area contributed by atoms with Crippen LogP contribution < -0.4 is 0 Å². The fourth-order valence-electron chi connectivity index (χ4n) is 2.26. The minimum atomic E-state index is -0.452. The number of halogens is 2. The van der Waals surface area contributed by atoms with Crippen molar-refractivity contribution in [3.63, 3.8) is 0 Å². The van der Waals surface area contributed by atoms with Gasteiger partial charge in [-0.1, -0.05) is 77.4 Å². The van der Waals surface area contributed by atoms with Crippen LogP contribution in [0.4, 0.5) is 0 Å². The van der Waals surface area contributed by atoms with Gasteiger partial charge in [-0.2, -0.15) is 0 Å². The minimum Gasteiger partial charge on any atom is -0.319 e. The number of benzene rings is 2. The van der Waals surface area contributed by atoms with Gasteiger partial charge in [0.15, 0.2) is 0 Å². The van der Waals surface area contributed by atoms with E-state index in [0.29, 0.717) is 10.6 Å². The Labute approximate surface area is 154 Å². The van der Waals surface area contributed by atoms with Crippen molar-refractivity contribution < 1.29 is 4.79 Å². The summed E-state index contributed by atoms with van der Waals surface area (Å²) < 4.78 is 1.78. The molecule has 3 rings (SSSR count). The fourth-order valence-corrected chi connectivity index (χ4v) is 3.85. The van der Waals surface area contributed by atoms with Crippen molar-refractivity contribution in [2.24, 2.45) is 0 Å². The van der Waals surface area contributed by atoms with Crippen molar-refractivity contribution >= 4 is 40.1 Å². The molecule has 1 aromatic heterocycles. The molecule has 0 aliphatic carbocycles. The largest absolute Gasteiger partial charge is 0.319 e. The van der Waals surface area contributed by atoms with E-state index in [-0.39, 0.29) is 10.4 Å². The third kappa shape index (κ3) is 4.01. The molecule has 0 saturated carbocycles. The van der Waals surface area contributed by atoms with Crippen LogP contribution in [0.5, 0.6) is 0 Å². The van der Waals surface area contributed by atoms with Crippen LogP contribution in [0, 0.1) is 0 Å². The number of hydrogen-bond acceptors (Lipinski definition) is 3. The molecule has 1 heterocycles. The molecule has 0 fully saturated rings. The Morgan fingerprint density at radius 3 is 2.42 bits per heavy atom. The molecule has 0 saturated heterocycles. The van der Waals surface area contributed by atoms with Crippen molar-refractivity contribution in [2.45, 2.75) is 10.8 Å². The van der Waals surface area contributed by atoms with E-state index in [1.54, 1.807) is 47.6 Å². The van der Waals surface area contributed by atoms with Gasteiger partial charge in [0, 0.05) is 23.0 Å². The van der Waals surface area contributed by atoms with Crippen molar-refractivity contribution in [3.8, 4) is 0 Å². The maximum atomic E-state index is 12.6. The first kappa shape index (κ1) is 17.1. The molecule has 0 amide bonds. The van der Waals surface area contributed by atoms with Crippen LogP contribution in [0.3, 0.4) is 0 Å². The van der Waals surface area contributed by atoms with Crippen LogP contribution >= 0.6 is 35.0 Å². The second-order valence-electron chi connectivity index (χ2n) is 5.13. The zero-order valence-corrected chi connectivity index (χ0v) is 14.9. The highest BCUT2D eigenvalue weighted by Gasteiger charge is 2.26. The van der Waals surface area contributed by atoms with Gasteiger partial charge in [0.25, 0.3) is 0 Å². The summed E-state index contributed by atoms with van der Waals surface area (Å²) in [6.45, 7) is 0. The monoisotopic (exact) mass is 376 g/mol. The van der Waals surface area contributed by atoms with Crippen molar-refractivity contribution in [3.05, 3.63) is 89.5 Å². The van der Waals surface area contributed by atoms with E-state index in [9.17, 15) is 4.79 Å². The maximum Gasteiger partial charge on any atom is 0.220 e. The molecule has 3 aromatic rings. The first-order valence-electron chi connectivity index (χ1n) is 7.28. The van der Waals surface area contributed by atoms with Gasteiger partial charge in [-0.3, -0.25) is 4.79 Å². The Balaban J connectivity index is 1.90. The molecule has 2 unspecified atom stereocenters. The normalized spacial score (nSPS) is 13.4. The van der Waals surface area contributed by atoms with E-state index in [0.717, 1.165) is 5.56 Å². The lowest BCUT2D eigenvalue weighted by Gasteiger charge is -2.22. The summed E-state index contributed by atoms with van der Waals surface area (Å²) in [4.78, 5) is 16.7. The lowest BCUT2D eigenvalue weighted by Crippen LogP contribution is -2.11. The zero-order chi connectivity index (χ0) is 16.9. The molecule has 0 N–H and O–H groups in total. The Bertz CT molecular complexity index is 792. The number of hydrogen-bond donors (Lipinski definition) is 0. The van der Waals surface area contributed by atoms with Gasteiger partial charge in [-0.15, -0.1) is 0 Å². The van der Waals surface area contributed by atoms with Gasteiger partial charge < -0.3 is 4.57 Å². The van der Waals surface area contributed by atoms with Gasteiger partial charge in [0.05, 0.1) is 11.6 Å². The second kappa shape index (κ2) is 7.88. The van der Waals surface area contributed by atoms with Crippen LogP contribution in [0.15, 0.2) is 73.3 Å². The van der Waals surface area contributed by atoms with Crippen molar-refractivity contribution in [2.75, 3.05) is 0 Å². The third-order valence-electron chi connectivity index (χ3n) is 3.50. The first-order valence-corrected chi connectivity index (χ1v) is 8.97. The first-order chi connectivity index (χ1) is 11.6. The van der Waals surface area contributed by atoms with Crippen LogP contribution in [-0.2, 0) is 0 Å². The number of thioether (sulfide) groups is 1. The Morgan fingerprint density at radius 1 is 1.08 bits per heavy atom. The number of nitrogens with zero attached hydrogens (tertiary/aromatic N) is 2. The molecule has 0 radical (unpaired) electrons. The van der Waals surface area contributed by atoms with Crippen molar-refractivity contribution in [1.82, 2.24) is 9.55 Å². The second-order valence-corrected chi connectivity index (χ2v) is 7.12.